The van der Waals surface area contributed by atoms with Gasteiger partial charge >= 0.3 is 0 Å². The van der Waals surface area contributed by atoms with Crippen LogP contribution in [-0.4, -0.2) is 30.5 Å². The number of phenols is 2. The molecule has 0 aliphatic carbocycles. The summed E-state index contributed by atoms with van der Waals surface area (Å²) >= 11 is 0. The van der Waals surface area contributed by atoms with Crippen molar-refractivity contribution in [2.24, 2.45) is 0 Å². The smallest absolute Gasteiger partial charge is 0.200 e. The van der Waals surface area contributed by atoms with E-state index >= 15 is 0 Å². The molecule has 2 aromatic rings. The molecule has 2 aromatic carbocycles. The van der Waals surface area contributed by atoms with Crippen molar-refractivity contribution in [2.45, 2.75) is 32.4 Å². The highest BCUT2D eigenvalue weighted by Crippen LogP contribution is 2.37. The van der Waals surface area contributed by atoms with E-state index in [1.165, 1.54) is 19.8 Å². The first-order chi connectivity index (χ1) is 11.5. The highest BCUT2D eigenvalue weighted by atomic mass is 16.5. The van der Waals surface area contributed by atoms with E-state index in [-0.39, 0.29) is 5.75 Å². The molecule has 0 spiro atoms. The van der Waals surface area contributed by atoms with E-state index in [0.29, 0.717) is 29.8 Å². The fraction of sp³-hybridized carbons (Fsp3) is 0.368. The van der Waals surface area contributed by atoms with Gasteiger partial charge in [-0.05, 0) is 55.2 Å². The van der Waals surface area contributed by atoms with E-state index < -0.39 is 0 Å². The molecule has 0 aliphatic heterocycles. The summed E-state index contributed by atoms with van der Waals surface area (Å²) in [6.45, 7) is 2.79. The quantitative estimate of drug-likeness (QED) is 0.693. The number of aryl methyl sites for hydroxylation is 1. The van der Waals surface area contributed by atoms with E-state index in [2.05, 4.69) is 12.2 Å². The molecule has 0 saturated heterocycles. The molecule has 5 nitrogen and oxygen atoms in total. The lowest BCUT2D eigenvalue weighted by atomic mass is 10.1. The van der Waals surface area contributed by atoms with Gasteiger partial charge in [-0.2, -0.15) is 0 Å². The minimum Gasteiger partial charge on any atom is -0.508 e. The first-order valence-corrected chi connectivity index (χ1v) is 7.98. The number of benzene rings is 2. The van der Waals surface area contributed by atoms with Crippen LogP contribution in [0.5, 0.6) is 23.0 Å². The third kappa shape index (κ3) is 4.80. The summed E-state index contributed by atoms with van der Waals surface area (Å²) in [4.78, 5) is 0. The molecule has 0 fully saturated rings. The second kappa shape index (κ2) is 8.45. The fourth-order valence-electron chi connectivity index (χ4n) is 2.49. The molecule has 1 atom stereocenters. The number of aromatic hydroxyl groups is 2. The number of methoxy groups -OCH3 is 2. The van der Waals surface area contributed by atoms with Gasteiger partial charge in [0.1, 0.15) is 5.75 Å². The van der Waals surface area contributed by atoms with Crippen LogP contribution in [0.25, 0.3) is 0 Å². The normalized spacial score (nSPS) is 12.0. The zero-order chi connectivity index (χ0) is 17.5. The third-order valence-corrected chi connectivity index (χ3v) is 4.00. The van der Waals surface area contributed by atoms with E-state index in [0.717, 1.165) is 18.4 Å². The lowest BCUT2D eigenvalue weighted by molar-refractivity contribution is 0.338. The van der Waals surface area contributed by atoms with E-state index in [1.807, 2.05) is 12.1 Å². The molecule has 5 heteroatoms. The Bertz CT molecular complexity index is 630. The van der Waals surface area contributed by atoms with Crippen LogP contribution in [0.3, 0.4) is 0 Å². The average molecular weight is 331 g/mol. The maximum Gasteiger partial charge on any atom is 0.200 e. The van der Waals surface area contributed by atoms with Gasteiger partial charge in [-0.1, -0.05) is 12.1 Å². The SMILES string of the molecule is COc1cc(CNC(C)CCc2ccc(O)cc2)cc(OC)c1O. The zero-order valence-corrected chi connectivity index (χ0v) is 14.4. The number of nitrogens with one attached hydrogen (secondary N) is 1. The van der Waals surface area contributed by atoms with Gasteiger partial charge in [0.05, 0.1) is 14.2 Å². The van der Waals surface area contributed by atoms with Gasteiger partial charge in [-0.15, -0.1) is 0 Å². The lowest BCUT2D eigenvalue weighted by Crippen LogP contribution is -2.26. The van der Waals surface area contributed by atoms with Crippen LogP contribution in [0.2, 0.25) is 0 Å². The molecule has 130 valence electrons. The van der Waals surface area contributed by atoms with Crippen molar-refractivity contribution in [1.29, 1.82) is 0 Å². The van der Waals surface area contributed by atoms with Crippen molar-refractivity contribution in [3.8, 4) is 23.0 Å². The summed E-state index contributed by atoms with van der Waals surface area (Å²) in [5.41, 5.74) is 2.19. The average Bonchev–Trinajstić information content (AvgIpc) is 2.60. The molecule has 0 saturated carbocycles. The number of phenolic OH excluding ortho intramolecular Hbond substituents is 2. The van der Waals surface area contributed by atoms with Gasteiger partial charge in [0.15, 0.2) is 11.5 Å². The van der Waals surface area contributed by atoms with Crippen LogP contribution < -0.4 is 14.8 Å². The minimum atomic E-state index is 0.0177. The summed E-state index contributed by atoms with van der Waals surface area (Å²) in [7, 11) is 3.04. The standard InChI is InChI=1S/C19H25NO4/c1-13(4-5-14-6-8-16(21)9-7-14)20-12-15-10-17(23-2)19(22)18(11-15)24-3/h6-11,13,20-22H,4-5,12H2,1-3H3. The first kappa shape index (κ1) is 17.9. The monoisotopic (exact) mass is 331 g/mol. The van der Waals surface area contributed by atoms with Crippen molar-refractivity contribution in [2.75, 3.05) is 14.2 Å². The molecule has 24 heavy (non-hydrogen) atoms. The Labute approximate surface area is 142 Å². The molecular weight excluding hydrogens is 306 g/mol. The minimum absolute atomic E-state index is 0.0177. The van der Waals surface area contributed by atoms with Crippen molar-refractivity contribution in [3.05, 3.63) is 47.5 Å². The van der Waals surface area contributed by atoms with Gasteiger partial charge in [0.2, 0.25) is 5.75 Å². The molecule has 0 aromatic heterocycles. The molecule has 0 bridgehead atoms. The molecule has 1 unspecified atom stereocenters. The van der Waals surface area contributed by atoms with Gasteiger partial charge in [-0.25, -0.2) is 0 Å². The molecular formula is C19H25NO4. The third-order valence-electron chi connectivity index (χ3n) is 4.00. The van der Waals surface area contributed by atoms with Crippen molar-refractivity contribution in [1.82, 2.24) is 5.32 Å². The van der Waals surface area contributed by atoms with Gasteiger partial charge < -0.3 is 25.0 Å². The van der Waals surface area contributed by atoms with Crippen molar-refractivity contribution in [3.63, 3.8) is 0 Å². The Hall–Kier alpha value is -2.40. The predicted molar refractivity (Wildman–Crippen MR) is 93.9 cm³/mol. The van der Waals surface area contributed by atoms with Crippen molar-refractivity contribution >= 4 is 0 Å². The zero-order valence-electron chi connectivity index (χ0n) is 14.4. The molecule has 0 amide bonds. The molecule has 3 N–H and O–H groups in total. The topological polar surface area (TPSA) is 71.0 Å². The molecule has 0 radical (unpaired) electrons. The maximum absolute atomic E-state index is 9.93. The van der Waals surface area contributed by atoms with Crippen molar-refractivity contribution < 1.29 is 19.7 Å². The van der Waals surface area contributed by atoms with Gasteiger partial charge in [0.25, 0.3) is 0 Å². The van der Waals surface area contributed by atoms with Crippen LogP contribution in [0.1, 0.15) is 24.5 Å². The van der Waals surface area contributed by atoms with Crippen LogP contribution in [0.4, 0.5) is 0 Å². The number of rotatable bonds is 8. The van der Waals surface area contributed by atoms with E-state index in [4.69, 9.17) is 9.47 Å². The molecule has 0 heterocycles. The Morgan fingerprint density at radius 1 is 0.958 bits per heavy atom. The molecule has 0 aliphatic rings. The van der Waals surface area contributed by atoms with Crippen LogP contribution >= 0.6 is 0 Å². The Morgan fingerprint density at radius 3 is 2.08 bits per heavy atom. The van der Waals surface area contributed by atoms with Gasteiger partial charge in [-0.3, -0.25) is 0 Å². The second-order valence-electron chi connectivity index (χ2n) is 5.84. The maximum atomic E-state index is 9.93. The van der Waals surface area contributed by atoms with Crippen LogP contribution in [-0.2, 0) is 13.0 Å². The summed E-state index contributed by atoms with van der Waals surface area (Å²) in [6.07, 6.45) is 1.92. The predicted octanol–water partition coefficient (Wildman–Crippen LogP) is 3.23. The highest BCUT2D eigenvalue weighted by molar-refractivity contribution is 5.52. The number of ether oxygens (including phenoxy) is 2. The number of hydrogen-bond donors (Lipinski definition) is 3. The first-order valence-electron chi connectivity index (χ1n) is 7.98. The largest absolute Gasteiger partial charge is 0.508 e. The summed E-state index contributed by atoms with van der Waals surface area (Å²) in [5, 5.41) is 22.7. The van der Waals surface area contributed by atoms with E-state index in [1.54, 1.807) is 24.3 Å². The lowest BCUT2D eigenvalue weighted by Gasteiger charge is -2.16. The Balaban J connectivity index is 1.89. The van der Waals surface area contributed by atoms with Crippen LogP contribution in [0, 0.1) is 0 Å². The Morgan fingerprint density at radius 2 is 1.54 bits per heavy atom. The molecule has 2 rings (SSSR count). The highest BCUT2D eigenvalue weighted by Gasteiger charge is 2.11. The summed E-state index contributed by atoms with van der Waals surface area (Å²) in [6, 6.07) is 11.2. The number of hydrogen-bond acceptors (Lipinski definition) is 5. The fourth-order valence-corrected chi connectivity index (χ4v) is 2.49. The van der Waals surface area contributed by atoms with E-state index in [9.17, 15) is 10.2 Å². The summed E-state index contributed by atoms with van der Waals surface area (Å²) < 4.78 is 10.3. The van der Waals surface area contributed by atoms with Crippen LogP contribution in [0.15, 0.2) is 36.4 Å². The van der Waals surface area contributed by atoms with Gasteiger partial charge in [0, 0.05) is 12.6 Å². The second-order valence-corrected chi connectivity index (χ2v) is 5.84. The summed E-state index contributed by atoms with van der Waals surface area (Å²) in [5.74, 6) is 1.12. The Kier molecular flexibility index (Phi) is 6.32.